The van der Waals surface area contributed by atoms with E-state index in [0.717, 1.165) is 19.3 Å². The van der Waals surface area contributed by atoms with Gasteiger partial charge in [0.15, 0.2) is 0 Å². The molecule has 6 heteroatoms. The molecule has 0 radical (unpaired) electrons. The largest absolute Gasteiger partial charge is 0.373 e. The molecule has 1 N–H and O–H groups in total. The SMILES string of the molecule is CC1CN(S(=O)(=O)NCC2CC=CCC2)CC(C)O1. The van der Waals surface area contributed by atoms with Gasteiger partial charge in [0.05, 0.1) is 12.2 Å². The molecule has 0 amide bonds. The normalized spacial score (nSPS) is 33.5. The summed E-state index contributed by atoms with van der Waals surface area (Å²) in [5.74, 6) is 0.427. The van der Waals surface area contributed by atoms with Gasteiger partial charge in [-0.3, -0.25) is 0 Å². The van der Waals surface area contributed by atoms with Crippen LogP contribution in [-0.4, -0.2) is 44.6 Å². The minimum atomic E-state index is -3.37. The van der Waals surface area contributed by atoms with Gasteiger partial charge in [0, 0.05) is 19.6 Å². The minimum Gasteiger partial charge on any atom is -0.373 e. The summed E-state index contributed by atoms with van der Waals surface area (Å²) < 4.78 is 34.3. The van der Waals surface area contributed by atoms with Crippen LogP contribution in [0.15, 0.2) is 12.2 Å². The lowest BCUT2D eigenvalue weighted by atomic mass is 9.95. The smallest absolute Gasteiger partial charge is 0.279 e. The Labute approximate surface area is 116 Å². The summed E-state index contributed by atoms with van der Waals surface area (Å²) in [6, 6.07) is 0. The topological polar surface area (TPSA) is 58.6 Å². The summed E-state index contributed by atoms with van der Waals surface area (Å²) in [5.41, 5.74) is 0. The summed E-state index contributed by atoms with van der Waals surface area (Å²) in [4.78, 5) is 0. The van der Waals surface area contributed by atoms with Crippen LogP contribution in [0.3, 0.4) is 0 Å². The van der Waals surface area contributed by atoms with Crippen molar-refractivity contribution in [2.45, 2.75) is 45.3 Å². The molecular weight excluding hydrogens is 264 g/mol. The van der Waals surface area contributed by atoms with Crippen molar-refractivity contribution in [3.63, 3.8) is 0 Å². The number of nitrogens with zero attached hydrogens (tertiary/aromatic N) is 1. The number of allylic oxidation sites excluding steroid dienone is 2. The van der Waals surface area contributed by atoms with Gasteiger partial charge in [0.25, 0.3) is 10.2 Å². The van der Waals surface area contributed by atoms with Gasteiger partial charge in [0.2, 0.25) is 0 Å². The Bertz CT molecular complexity index is 412. The molecule has 1 saturated heterocycles. The van der Waals surface area contributed by atoms with Crippen LogP contribution in [0.25, 0.3) is 0 Å². The summed E-state index contributed by atoms with van der Waals surface area (Å²) in [6.07, 6.45) is 7.30. The van der Waals surface area contributed by atoms with Crippen LogP contribution < -0.4 is 4.72 Å². The highest BCUT2D eigenvalue weighted by molar-refractivity contribution is 7.87. The highest BCUT2D eigenvalue weighted by Gasteiger charge is 2.31. The van der Waals surface area contributed by atoms with E-state index < -0.39 is 10.2 Å². The first-order chi connectivity index (χ1) is 8.97. The zero-order valence-corrected chi connectivity index (χ0v) is 12.5. The summed E-state index contributed by atoms with van der Waals surface area (Å²) in [7, 11) is -3.37. The highest BCUT2D eigenvalue weighted by atomic mass is 32.2. The van der Waals surface area contributed by atoms with Crippen molar-refractivity contribution in [1.82, 2.24) is 9.03 Å². The molecule has 19 heavy (non-hydrogen) atoms. The minimum absolute atomic E-state index is 0.0436. The van der Waals surface area contributed by atoms with E-state index in [9.17, 15) is 8.42 Å². The first-order valence-corrected chi connectivity index (χ1v) is 8.46. The fourth-order valence-corrected chi connectivity index (χ4v) is 4.12. The van der Waals surface area contributed by atoms with Crippen molar-refractivity contribution in [3.05, 3.63) is 12.2 Å². The Morgan fingerprint density at radius 1 is 1.26 bits per heavy atom. The molecule has 1 fully saturated rings. The Balaban J connectivity index is 1.88. The second-order valence-corrected chi connectivity index (χ2v) is 7.33. The predicted molar refractivity (Wildman–Crippen MR) is 75.0 cm³/mol. The maximum absolute atomic E-state index is 12.3. The first kappa shape index (κ1) is 15.0. The van der Waals surface area contributed by atoms with Crippen molar-refractivity contribution in [2.24, 2.45) is 5.92 Å². The zero-order valence-electron chi connectivity index (χ0n) is 11.7. The molecule has 0 aromatic carbocycles. The first-order valence-electron chi connectivity index (χ1n) is 7.02. The number of nitrogens with one attached hydrogen (secondary N) is 1. The molecule has 3 unspecified atom stereocenters. The fraction of sp³-hybridized carbons (Fsp3) is 0.846. The number of morpholine rings is 1. The molecule has 0 saturated carbocycles. The van der Waals surface area contributed by atoms with Gasteiger partial charge in [-0.15, -0.1) is 0 Å². The lowest BCUT2D eigenvalue weighted by Crippen LogP contribution is -2.52. The second kappa shape index (κ2) is 6.35. The molecule has 0 aromatic rings. The van der Waals surface area contributed by atoms with E-state index in [2.05, 4.69) is 16.9 Å². The van der Waals surface area contributed by atoms with Gasteiger partial charge >= 0.3 is 0 Å². The lowest BCUT2D eigenvalue weighted by Gasteiger charge is -2.34. The Morgan fingerprint density at radius 2 is 1.95 bits per heavy atom. The molecule has 2 aliphatic rings. The van der Waals surface area contributed by atoms with E-state index >= 15 is 0 Å². The van der Waals surface area contributed by atoms with Gasteiger partial charge in [-0.2, -0.15) is 12.7 Å². The molecule has 0 spiro atoms. The van der Waals surface area contributed by atoms with Crippen LogP contribution in [0.2, 0.25) is 0 Å². The maximum atomic E-state index is 12.3. The van der Waals surface area contributed by atoms with Crippen LogP contribution in [-0.2, 0) is 14.9 Å². The molecule has 1 aliphatic heterocycles. The average molecular weight is 288 g/mol. The monoisotopic (exact) mass is 288 g/mol. The van der Waals surface area contributed by atoms with Crippen molar-refractivity contribution >= 4 is 10.2 Å². The van der Waals surface area contributed by atoms with Crippen LogP contribution in [0, 0.1) is 5.92 Å². The maximum Gasteiger partial charge on any atom is 0.279 e. The summed E-state index contributed by atoms with van der Waals surface area (Å²) >= 11 is 0. The Hall–Kier alpha value is -0.430. The van der Waals surface area contributed by atoms with E-state index in [4.69, 9.17) is 4.74 Å². The zero-order chi connectivity index (χ0) is 13.9. The van der Waals surface area contributed by atoms with Gasteiger partial charge in [-0.1, -0.05) is 12.2 Å². The van der Waals surface area contributed by atoms with Crippen molar-refractivity contribution in [3.8, 4) is 0 Å². The van der Waals surface area contributed by atoms with Crippen LogP contribution in [0.4, 0.5) is 0 Å². The van der Waals surface area contributed by atoms with Crippen molar-refractivity contribution in [1.29, 1.82) is 0 Å². The van der Waals surface area contributed by atoms with Gasteiger partial charge in [-0.25, -0.2) is 4.72 Å². The molecule has 2 rings (SSSR count). The fourth-order valence-electron chi connectivity index (χ4n) is 2.68. The van der Waals surface area contributed by atoms with Crippen molar-refractivity contribution < 1.29 is 13.2 Å². The van der Waals surface area contributed by atoms with E-state index in [1.807, 2.05) is 13.8 Å². The molecule has 0 aromatic heterocycles. The average Bonchev–Trinajstić information content (AvgIpc) is 2.37. The van der Waals surface area contributed by atoms with Gasteiger partial charge in [0.1, 0.15) is 0 Å². The quantitative estimate of drug-likeness (QED) is 0.793. The molecule has 0 bridgehead atoms. The van der Waals surface area contributed by atoms with E-state index in [1.54, 1.807) is 0 Å². The van der Waals surface area contributed by atoms with Gasteiger partial charge in [-0.05, 0) is 39.0 Å². The lowest BCUT2D eigenvalue weighted by molar-refractivity contribution is -0.0444. The summed E-state index contributed by atoms with van der Waals surface area (Å²) in [5, 5.41) is 0. The number of rotatable bonds is 4. The molecule has 110 valence electrons. The van der Waals surface area contributed by atoms with E-state index in [1.165, 1.54) is 4.31 Å². The summed E-state index contributed by atoms with van der Waals surface area (Å²) in [6.45, 7) is 5.22. The molecular formula is C13H24N2O3S. The predicted octanol–water partition coefficient (Wildman–Crippen LogP) is 1.29. The van der Waals surface area contributed by atoms with E-state index in [0.29, 0.717) is 25.6 Å². The van der Waals surface area contributed by atoms with Crippen molar-refractivity contribution in [2.75, 3.05) is 19.6 Å². The number of hydrogen-bond acceptors (Lipinski definition) is 3. The third kappa shape index (κ3) is 4.27. The third-order valence-corrected chi connectivity index (χ3v) is 5.17. The highest BCUT2D eigenvalue weighted by Crippen LogP contribution is 2.18. The van der Waals surface area contributed by atoms with Crippen LogP contribution in [0.5, 0.6) is 0 Å². The molecule has 1 aliphatic carbocycles. The number of ether oxygens (including phenoxy) is 1. The Morgan fingerprint density at radius 3 is 2.53 bits per heavy atom. The molecule has 5 nitrogen and oxygen atoms in total. The van der Waals surface area contributed by atoms with E-state index in [-0.39, 0.29) is 12.2 Å². The third-order valence-electron chi connectivity index (χ3n) is 3.66. The standard InChI is InChI=1S/C13H24N2O3S/c1-11-9-15(10-12(2)18-11)19(16,17)14-8-13-6-4-3-5-7-13/h3-4,11-14H,5-10H2,1-2H3. The Kier molecular flexibility index (Phi) is 5.00. The van der Waals surface area contributed by atoms with Crippen LogP contribution in [0.1, 0.15) is 33.1 Å². The molecule has 3 atom stereocenters. The number of hydrogen-bond donors (Lipinski definition) is 1. The molecule has 1 heterocycles. The van der Waals surface area contributed by atoms with Crippen LogP contribution >= 0.6 is 0 Å². The second-order valence-electron chi connectivity index (χ2n) is 5.58. The van der Waals surface area contributed by atoms with Gasteiger partial charge < -0.3 is 4.74 Å².